The molecule has 0 aromatic rings. The average molecular weight is 391 g/mol. The van der Waals surface area contributed by atoms with Gasteiger partial charge in [-0.25, -0.2) is 0 Å². The van der Waals surface area contributed by atoms with E-state index in [4.69, 9.17) is 4.74 Å². The third-order valence-corrected chi connectivity index (χ3v) is 8.17. The van der Waals surface area contributed by atoms with Gasteiger partial charge in [0.25, 0.3) is 0 Å². The minimum atomic E-state index is -1.70. The van der Waals surface area contributed by atoms with Gasteiger partial charge >= 0.3 is 5.97 Å². The van der Waals surface area contributed by atoms with Gasteiger partial charge in [-0.2, -0.15) is 0 Å². The summed E-state index contributed by atoms with van der Waals surface area (Å²) in [7, 11) is 0. The lowest BCUT2D eigenvalue weighted by Gasteiger charge is -2.61. The van der Waals surface area contributed by atoms with Gasteiger partial charge in [-0.15, -0.1) is 0 Å². The maximum absolute atomic E-state index is 12.9. The fourth-order valence-corrected chi connectivity index (χ4v) is 5.93. The van der Waals surface area contributed by atoms with Gasteiger partial charge in [0.15, 0.2) is 5.78 Å². The largest absolute Gasteiger partial charge is 0.461 e. The van der Waals surface area contributed by atoms with Crippen molar-refractivity contribution in [1.29, 1.82) is 0 Å². The molecular weight excluding hydrogens is 356 g/mol. The first-order valence-electron chi connectivity index (χ1n) is 10.2. The predicted octanol–water partition coefficient (Wildman–Crippen LogP) is 3.20. The van der Waals surface area contributed by atoms with Crippen LogP contribution in [-0.4, -0.2) is 39.8 Å². The summed E-state index contributed by atoms with van der Waals surface area (Å²) in [4.78, 5) is 24.3. The van der Waals surface area contributed by atoms with Crippen LogP contribution in [0.15, 0.2) is 23.3 Å². The van der Waals surface area contributed by atoms with Crippen molar-refractivity contribution < 1.29 is 24.5 Å². The number of rotatable bonds is 2. The number of fused-ring (bicyclic) bond motifs is 3. The molecule has 5 nitrogen and oxygen atoms in total. The van der Waals surface area contributed by atoms with Crippen molar-refractivity contribution in [3.63, 3.8) is 0 Å². The second kappa shape index (κ2) is 6.27. The van der Waals surface area contributed by atoms with Crippen molar-refractivity contribution in [3.8, 4) is 0 Å². The molecule has 0 aromatic carbocycles. The van der Waals surface area contributed by atoms with Crippen LogP contribution in [0.4, 0.5) is 0 Å². The van der Waals surface area contributed by atoms with Crippen LogP contribution in [0.3, 0.4) is 0 Å². The highest BCUT2D eigenvalue weighted by Crippen LogP contribution is 2.64. The fourth-order valence-electron chi connectivity index (χ4n) is 5.93. The van der Waals surface area contributed by atoms with E-state index in [1.54, 1.807) is 13.0 Å². The summed E-state index contributed by atoms with van der Waals surface area (Å²) in [5.41, 5.74) is -2.14. The van der Waals surface area contributed by atoms with E-state index in [0.29, 0.717) is 11.1 Å². The first-order chi connectivity index (χ1) is 12.7. The summed E-state index contributed by atoms with van der Waals surface area (Å²) < 4.78 is 5.22. The third-order valence-electron chi connectivity index (χ3n) is 8.17. The van der Waals surface area contributed by atoms with E-state index < -0.39 is 23.1 Å². The van der Waals surface area contributed by atoms with Crippen LogP contribution in [0.5, 0.6) is 0 Å². The van der Waals surface area contributed by atoms with Crippen molar-refractivity contribution in [3.05, 3.63) is 23.3 Å². The van der Waals surface area contributed by atoms with Crippen LogP contribution in [0.25, 0.3) is 0 Å². The summed E-state index contributed by atoms with van der Waals surface area (Å²) in [5.74, 6) is -1.84. The van der Waals surface area contributed by atoms with E-state index in [9.17, 15) is 19.8 Å². The average Bonchev–Trinajstić information content (AvgIpc) is 2.72. The maximum atomic E-state index is 12.9. The first kappa shape index (κ1) is 21.3. The predicted molar refractivity (Wildman–Crippen MR) is 106 cm³/mol. The summed E-state index contributed by atoms with van der Waals surface area (Å²) in [5, 5.41) is 23.7. The molecule has 5 atom stereocenters. The lowest BCUT2D eigenvalue weighted by molar-refractivity contribution is -0.212. The maximum Gasteiger partial charge on any atom is 0.302 e. The molecular formula is C23H34O5. The van der Waals surface area contributed by atoms with Crippen molar-refractivity contribution in [2.45, 2.75) is 72.5 Å². The van der Waals surface area contributed by atoms with Gasteiger partial charge in [0, 0.05) is 25.2 Å². The van der Waals surface area contributed by atoms with Crippen LogP contribution in [-0.2, 0) is 14.3 Å². The van der Waals surface area contributed by atoms with Crippen LogP contribution in [0, 0.1) is 28.6 Å². The van der Waals surface area contributed by atoms with E-state index in [2.05, 4.69) is 27.7 Å². The number of esters is 1. The van der Waals surface area contributed by atoms with E-state index in [1.807, 2.05) is 13.0 Å². The van der Waals surface area contributed by atoms with Crippen molar-refractivity contribution >= 4 is 11.8 Å². The van der Waals surface area contributed by atoms with E-state index in [-0.39, 0.29) is 41.5 Å². The van der Waals surface area contributed by atoms with Gasteiger partial charge in [-0.05, 0) is 41.2 Å². The highest BCUT2D eigenvalue weighted by atomic mass is 16.5. The Balaban J connectivity index is 2.22. The van der Waals surface area contributed by atoms with Gasteiger partial charge in [-0.3, -0.25) is 9.59 Å². The number of aliphatic hydroxyl groups is 2. The molecule has 1 fully saturated rings. The monoisotopic (exact) mass is 390 g/mol. The van der Waals surface area contributed by atoms with Gasteiger partial charge in [0.2, 0.25) is 0 Å². The number of carbonyl (C=O) groups is 2. The summed E-state index contributed by atoms with van der Waals surface area (Å²) in [6.07, 6.45) is 4.60. The molecule has 3 aliphatic rings. The summed E-state index contributed by atoms with van der Waals surface area (Å²) >= 11 is 0. The smallest absolute Gasteiger partial charge is 0.302 e. The van der Waals surface area contributed by atoms with Gasteiger partial charge < -0.3 is 14.9 Å². The van der Waals surface area contributed by atoms with E-state index in [0.717, 1.165) is 6.42 Å². The molecule has 156 valence electrons. The van der Waals surface area contributed by atoms with Crippen LogP contribution in [0.2, 0.25) is 0 Å². The van der Waals surface area contributed by atoms with E-state index in [1.165, 1.54) is 6.92 Å². The highest BCUT2D eigenvalue weighted by Gasteiger charge is 2.67. The zero-order chi connectivity index (χ0) is 21.3. The normalized spacial score (nSPS) is 41.3. The number of carbonyl (C=O) groups excluding carboxylic acids is 2. The Morgan fingerprint density at radius 2 is 1.79 bits per heavy atom. The Bertz CT molecular complexity index is 774. The zero-order valence-electron chi connectivity index (χ0n) is 18.1. The van der Waals surface area contributed by atoms with Crippen molar-refractivity contribution in [2.24, 2.45) is 28.6 Å². The summed E-state index contributed by atoms with van der Waals surface area (Å²) in [6, 6.07) is 0. The molecule has 3 rings (SSSR count). The Kier molecular flexibility index (Phi) is 4.76. The highest BCUT2D eigenvalue weighted by molar-refractivity contribution is 6.04. The molecule has 2 N–H and O–H groups in total. The quantitative estimate of drug-likeness (QED) is 0.559. The minimum Gasteiger partial charge on any atom is -0.461 e. The molecule has 0 radical (unpaired) electrons. The molecule has 0 heterocycles. The van der Waals surface area contributed by atoms with Gasteiger partial charge in [0.1, 0.15) is 12.2 Å². The lowest BCUT2D eigenvalue weighted by atomic mass is 9.45. The van der Waals surface area contributed by atoms with E-state index >= 15 is 0 Å². The number of ketones is 1. The molecule has 0 saturated heterocycles. The molecule has 0 bridgehead atoms. The molecule has 0 aliphatic heterocycles. The fraction of sp³-hybridized carbons (Fsp3) is 0.739. The topological polar surface area (TPSA) is 83.8 Å². The Labute approximate surface area is 167 Å². The molecule has 0 unspecified atom stereocenters. The van der Waals surface area contributed by atoms with Crippen LogP contribution in [0.1, 0.15) is 61.3 Å². The SMILES string of the molecule is CC(=O)OCC1=C[C@H]2C(C)(C)C(C)(C)C[C@@H](C)[C@]2(O)[C@@H]2C=C(C)C(=O)[C@@]2(O)C1. The molecule has 0 aromatic heterocycles. The number of hydrogen-bond donors (Lipinski definition) is 2. The Morgan fingerprint density at radius 1 is 1.18 bits per heavy atom. The molecule has 0 amide bonds. The number of Topliss-reactive ketones (excluding diaryl/α,β-unsaturated/α-hetero) is 1. The van der Waals surface area contributed by atoms with Crippen LogP contribution < -0.4 is 0 Å². The standard InChI is InChI=1S/C23H34O5/c1-13-8-18-22(26,19(13)25)11-16(12-28-15(3)24)9-17-21(6,7)20(4,5)10-14(2)23(17,18)27/h8-9,14,17-18,26-27H,10-12H2,1-7H3/t14-,17+,18-,22-,23-/m1/s1. The molecule has 28 heavy (non-hydrogen) atoms. The second-order valence-electron chi connectivity index (χ2n) is 10.4. The third kappa shape index (κ3) is 2.73. The molecule has 3 aliphatic carbocycles. The Hall–Kier alpha value is -1.46. The van der Waals surface area contributed by atoms with Crippen molar-refractivity contribution in [2.75, 3.05) is 6.61 Å². The van der Waals surface area contributed by atoms with Gasteiger partial charge in [0.05, 0.1) is 5.60 Å². The van der Waals surface area contributed by atoms with Crippen LogP contribution >= 0.6 is 0 Å². The molecule has 1 saturated carbocycles. The van der Waals surface area contributed by atoms with Crippen molar-refractivity contribution in [1.82, 2.24) is 0 Å². The van der Waals surface area contributed by atoms with Gasteiger partial charge in [-0.1, -0.05) is 46.8 Å². The summed E-state index contributed by atoms with van der Waals surface area (Å²) in [6.45, 7) is 13.8. The zero-order valence-corrected chi connectivity index (χ0v) is 18.1. The number of hydrogen-bond acceptors (Lipinski definition) is 5. The minimum absolute atomic E-state index is 0.0220. The lowest BCUT2D eigenvalue weighted by Crippen LogP contribution is -2.65. The second-order valence-corrected chi connectivity index (χ2v) is 10.4. The Morgan fingerprint density at radius 3 is 2.36 bits per heavy atom. The number of ether oxygens (including phenoxy) is 1. The molecule has 5 heteroatoms. The molecule has 0 spiro atoms. The first-order valence-corrected chi connectivity index (χ1v) is 10.2.